The van der Waals surface area contributed by atoms with Gasteiger partial charge in [-0.15, -0.1) is 0 Å². The first-order chi connectivity index (χ1) is 8.50. The van der Waals surface area contributed by atoms with Gasteiger partial charge < -0.3 is 5.32 Å². The molecule has 2 aromatic rings. The van der Waals surface area contributed by atoms with E-state index in [0.29, 0.717) is 12.0 Å². The van der Waals surface area contributed by atoms with Crippen LogP contribution in [-0.2, 0) is 0 Å². The Morgan fingerprint density at radius 3 is 2.67 bits per heavy atom. The van der Waals surface area contributed by atoms with Crippen molar-refractivity contribution in [3.05, 3.63) is 35.0 Å². The number of hydrogen-bond acceptors (Lipinski definition) is 2. The predicted molar refractivity (Wildman–Crippen MR) is 79.4 cm³/mol. The van der Waals surface area contributed by atoms with Crippen LogP contribution in [0.3, 0.4) is 0 Å². The zero-order valence-electron chi connectivity index (χ0n) is 11.3. The van der Waals surface area contributed by atoms with Crippen LogP contribution in [-0.4, -0.2) is 11.0 Å². The van der Waals surface area contributed by atoms with Gasteiger partial charge in [0, 0.05) is 17.6 Å². The summed E-state index contributed by atoms with van der Waals surface area (Å²) in [5.41, 5.74) is 3.12. The third-order valence-corrected chi connectivity index (χ3v) is 3.70. The van der Waals surface area contributed by atoms with E-state index in [1.807, 2.05) is 25.3 Å². The van der Waals surface area contributed by atoms with Crippen molar-refractivity contribution in [3.8, 4) is 0 Å². The number of aryl methyl sites for hydroxylation is 1. The van der Waals surface area contributed by atoms with E-state index in [0.717, 1.165) is 27.2 Å². The van der Waals surface area contributed by atoms with Gasteiger partial charge in [-0.25, -0.2) is 0 Å². The minimum absolute atomic E-state index is 0.369. The molecule has 0 aliphatic heterocycles. The number of anilines is 1. The van der Waals surface area contributed by atoms with Crippen molar-refractivity contribution in [1.82, 2.24) is 4.98 Å². The Balaban J connectivity index is 2.56. The molecule has 18 heavy (non-hydrogen) atoms. The monoisotopic (exact) mass is 262 g/mol. The number of nitrogens with zero attached hydrogens (tertiary/aromatic N) is 1. The van der Waals surface area contributed by atoms with Crippen LogP contribution in [0.15, 0.2) is 24.4 Å². The van der Waals surface area contributed by atoms with Crippen LogP contribution in [0, 0.1) is 12.8 Å². The second-order valence-electron chi connectivity index (χ2n) is 5.13. The zero-order valence-corrected chi connectivity index (χ0v) is 12.0. The molecule has 1 aromatic heterocycles. The average molecular weight is 263 g/mol. The van der Waals surface area contributed by atoms with Crippen molar-refractivity contribution in [2.24, 2.45) is 5.92 Å². The van der Waals surface area contributed by atoms with Gasteiger partial charge in [0.25, 0.3) is 0 Å². The van der Waals surface area contributed by atoms with E-state index < -0.39 is 0 Å². The molecule has 1 N–H and O–H groups in total. The highest BCUT2D eigenvalue weighted by Gasteiger charge is 2.13. The number of benzene rings is 1. The van der Waals surface area contributed by atoms with Crippen LogP contribution in [0.4, 0.5) is 5.69 Å². The van der Waals surface area contributed by atoms with E-state index in [9.17, 15) is 0 Å². The fourth-order valence-electron chi connectivity index (χ4n) is 1.92. The molecule has 3 heteroatoms. The number of pyridine rings is 1. The molecule has 96 valence electrons. The second-order valence-corrected chi connectivity index (χ2v) is 5.53. The first kappa shape index (κ1) is 13.2. The number of nitrogens with one attached hydrogen (secondary N) is 1. The lowest BCUT2D eigenvalue weighted by molar-refractivity contribution is 0.560. The van der Waals surface area contributed by atoms with Crippen molar-refractivity contribution in [2.45, 2.75) is 33.7 Å². The Bertz CT molecular complexity index is 564. The molecular weight excluding hydrogens is 244 g/mol. The van der Waals surface area contributed by atoms with E-state index in [2.05, 4.69) is 37.1 Å². The summed E-state index contributed by atoms with van der Waals surface area (Å²) in [6.45, 7) is 8.60. The van der Waals surface area contributed by atoms with Crippen LogP contribution in [0.2, 0.25) is 5.02 Å². The summed E-state index contributed by atoms with van der Waals surface area (Å²) in [4.78, 5) is 4.44. The third kappa shape index (κ3) is 2.44. The highest BCUT2D eigenvalue weighted by atomic mass is 35.5. The summed E-state index contributed by atoms with van der Waals surface area (Å²) in [7, 11) is 0. The summed E-state index contributed by atoms with van der Waals surface area (Å²) in [5.74, 6) is 0.550. The van der Waals surface area contributed by atoms with E-state index in [1.54, 1.807) is 0 Å². The Kier molecular flexibility index (Phi) is 3.76. The number of halogens is 1. The van der Waals surface area contributed by atoms with Gasteiger partial charge in [0.2, 0.25) is 0 Å². The summed E-state index contributed by atoms with van der Waals surface area (Å²) in [6.07, 6.45) is 1.82. The summed E-state index contributed by atoms with van der Waals surface area (Å²) in [6, 6.07) is 6.36. The van der Waals surface area contributed by atoms with Crippen LogP contribution < -0.4 is 5.32 Å². The predicted octanol–water partition coefficient (Wildman–Crippen LogP) is 4.65. The Labute approximate surface area is 113 Å². The maximum absolute atomic E-state index is 6.37. The van der Waals surface area contributed by atoms with E-state index in [4.69, 9.17) is 11.6 Å². The largest absolute Gasteiger partial charge is 0.381 e. The van der Waals surface area contributed by atoms with Crippen LogP contribution in [0.25, 0.3) is 10.9 Å². The molecule has 0 aliphatic carbocycles. The Morgan fingerprint density at radius 2 is 2.00 bits per heavy atom. The zero-order chi connectivity index (χ0) is 13.3. The lowest BCUT2D eigenvalue weighted by Crippen LogP contribution is -2.21. The lowest BCUT2D eigenvalue weighted by Gasteiger charge is -2.21. The molecule has 0 saturated heterocycles. The Morgan fingerprint density at radius 1 is 1.28 bits per heavy atom. The molecule has 0 bridgehead atoms. The summed E-state index contributed by atoms with van der Waals surface area (Å²) < 4.78 is 0. The number of hydrogen-bond donors (Lipinski definition) is 1. The quantitative estimate of drug-likeness (QED) is 0.871. The van der Waals surface area contributed by atoms with E-state index in [1.165, 1.54) is 0 Å². The maximum atomic E-state index is 6.37. The molecule has 1 unspecified atom stereocenters. The van der Waals surface area contributed by atoms with Crippen LogP contribution in [0.5, 0.6) is 0 Å². The number of rotatable bonds is 3. The summed E-state index contributed by atoms with van der Waals surface area (Å²) >= 11 is 6.37. The number of fused-ring (bicyclic) bond motifs is 1. The van der Waals surface area contributed by atoms with Gasteiger partial charge in [0.05, 0.1) is 16.2 Å². The molecule has 0 spiro atoms. The minimum atomic E-state index is 0.369. The fourth-order valence-corrected chi connectivity index (χ4v) is 2.24. The molecule has 0 aliphatic rings. The van der Waals surface area contributed by atoms with E-state index >= 15 is 0 Å². The smallest absolute Gasteiger partial charge is 0.0752 e. The minimum Gasteiger partial charge on any atom is -0.381 e. The van der Waals surface area contributed by atoms with E-state index in [-0.39, 0.29) is 0 Å². The fraction of sp³-hybridized carbons (Fsp3) is 0.400. The van der Waals surface area contributed by atoms with Crippen LogP contribution in [0.1, 0.15) is 26.3 Å². The molecule has 0 amide bonds. The SMILES string of the molecule is Cc1cc(Cl)c(NC(C)C(C)C)c2cccnc12. The third-order valence-electron chi connectivity index (χ3n) is 3.40. The molecule has 2 nitrogen and oxygen atoms in total. The number of aromatic nitrogens is 1. The highest BCUT2D eigenvalue weighted by Crippen LogP contribution is 2.33. The topological polar surface area (TPSA) is 24.9 Å². The van der Waals surface area contributed by atoms with Crippen LogP contribution >= 0.6 is 11.6 Å². The highest BCUT2D eigenvalue weighted by molar-refractivity contribution is 6.35. The molecule has 1 atom stereocenters. The Hall–Kier alpha value is -1.28. The van der Waals surface area contributed by atoms with Gasteiger partial charge in [-0.05, 0) is 43.5 Å². The van der Waals surface area contributed by atoms with Gasteiger partial charge in [-0.2, -0.15) is 0 Å². The van der Waals surface area contributed by atoms with Gasteiger partial charge in [-0.3, -0.25) is 4.98 Å². The normalized spacial score (nSPS) is 13.0. The second kappa shape index (κ2) is 5.15. The summed E-state index contributed by atoms with van der Waals surface area (Å²) in [5, 5.41) is 5.36. The van der Waals surface area contributed by atoms with Gasteiger partial charge in [-0.1, -0.05) is 25.4 Å². The lowest BCUT2D eigenvalue weighted by atomic mass is 10.0. The van der Waals surface area contributed by atoms with Gasteiger partial charge >= 0.3 is 0 Å². The standard InChI is InChI=1S/C15H19ClN2/c1-9(2)11(4)18-15-12-6-5-7-17-14(12)10(3)8-13(15)16/h5-9,11,18H,1-4H3. The van der Waals surface area contributed by atoms with Gasteiger partial charge in [0.15, 0.2) is 0 Å². The maximum Gasteiger partial charge on any atom is 0.0752 e. The van der Waals surface area contributed by atoms with Crippen molar-refractivity contribution in [1.29, 1.82) is 0 Å². The molecular formula is C15H19ClN2. The first-order valence-electron chi connectivity index (χ1n) is 6.31. The molecule has 0 fully saturated rings. The molecule has 1 aromatic carbocycles. The molecule has 1 heterocycles. The van der Waals surface area contributed by atoms with Crippen molar-refractivity contribution in [2.75, 3.05) is 5.32 Å². The van der Waals surface area contributed by atoms with Crippen molar-refractivity contribution < 1.29 is 0 Å². The van der Waals surface area contributed by atoms with Crippen molar-refractivity contribution in [3.63, 3.8) is 0 Å². The van der Waals surface area contributed by atoms with Gasteiger partial charge in [0.1, 0.15) is 0 Å². The average Bonchev–Trinajstić information content (AvgIpc) is 2.34. The van der Waals surface area contributed by atoms with Crippen molar-refractivity contribution >= 4 is 28.2 Å². The molecule has 0 radical (unpaired) electrons. The first-order valence-corrected chi connectivity index (χ1v) is 6.69. The molecule has 0 saturated carbocycles. The molecule has 2 rings (SSSR count).